The Morgan fingerprint density at radius 2 is 1.78 bits per heavy atom. The van der Waals surface area contributed by atoms with Crippen LogP contribution in [0.25, 0.3) is 6.08 Å². The summed E-state index contributed by atoms with van der Waals surface area (Å²) in [5, 5.41) is 5.43. The Kier molecular flexibility index (Phi) is 7.47. The van der Waals surface area contributed by atoms with Crippen molar-refractivity contribution < 1.29 is 17.9 Å². The van der Waals surface area contributed by atoms with Gasteiger partial charge in [-0.15, -0.1) is 0 Å². The second kappa shape index (κ2) is 10.5. The zero-order valence-electron chi connectivity index (χ0n) is 16.8. The van der Waals surface area contributed by atoms with Crippen LogP contribution in [0.1, 0.15) is 5.56 Å². The molecule has 9 nitrogen and oxygen atoms in total. The Labute approximate surface area is 190 Å². The summed E-state index contributed by atoms with van der Waals surface area (Å²) in [5.41, 5.74) is 1.39. The Morgan fingerprint density at radius 3 is 2.47 bits per heavy atom. The van der Waals surface area contributed by atoms with Crippen molar-refractivity contribution in [1.29, 1.82) is 0 Å². The number of benzene rings is 2. The lowest BCUT2D eigenvalue weighted by Gasteiger charge is -2.10. The Balaban J connectivity index is 1.58. The number of methoxy groups -OCH3 is 1. The number of anilines is 2. The highest BCUT2D eigenvalue weighted by molar-refractivity contribution is 7.92. The zero-order chi connectivity index (χ0) is 23.0. The topological polar surface area (TPSA) is 122 Å². The van der Waals surface area contributed by atoms with E-state index in [4.69, 9.17) is 17.0 Å². The van der Waals surface area contributed by atoms with Gasteiger partial charge in [0.25, 0.3) is 10.0 Å². The number of amides is 1. The molecular formula is C21H19N5O4S2. The Bertz CT molecular complexity index is 1230. The molecule has 0 aliphatic rings. The van der Waals surface area contributed by atoms with E-state index in [1.165, 1.54) is 49.8 Å². The van der Waals surface area contributed by atoms with Crippen LogP contribution in [-0.2, 0) is 14.8 Å². The van der Waals surface area contributed by atoms with Gasteiger partial charge in [0.05, 0.1) is 12.0 Å². The third-order valence-electron chi connectivity index (χ3n) is 3.98. The highest BCUT2D eigenvalue weighted by atomic mass is 32.2. The second-order valence-corrected chi connectivity index (χ2v) is 8.35. The lowest BCUT2D eigenvalue weighted by molar-refractivity contribution is -0.115. The first kappa shape index (κ1) is 22.8. The molecule has 0 aliphatic heterocycles. The van der Waals surface area contributed by atoms with Gasteiger partial charge in [-0.05, 0) is 48.1 Å². The lowest BCUT2D eigenvalue weighted by atomic mass is 10.2. The summed E-state index contributed by atoms with van der Waals surface area (Å²) >= 11 is 5.13. The number of rotatable bonds is 7. The van der Waals surface area contributed by atoms with Gasteiger partial charge in [0.2, 0.25) is 11.8 Å². The molecule has 1 amide bonds. The first-order valence-electron chi connectivity index (χ1n) is 9.20. The normalized spacial score (nSPS) is 11.0. The SMILES string of the molecule is COc1cc(NS(=O)(=O)c2ccc(NC(=S)NC(=O)C=Cc3ccccc3)cc2)ncn1. The van der Waals surface area contributed by atoms with Crippen molar-refractivity contribution in [2.45, 2.75) is 4.90 Å². The number of aromatic nitrogens is 2. The smallest absolute Gasteiger partial charge is 0.263 e. The fourth-order valence-corrected chi connectivity index (χ4v) is 3.69. The first-order valence-corrected chi connectivity index (χ1v) is 11.1. The molecule has 1 heterocycles. The second-order valence-electron chi connectivity index (χ2n) is 6.26. The van der Waals surface area contributed by atoms with Gasteiger partial charge in [-0.2, -0.15) is 0 Å². The number of carbonyl (C=O) groups is 1. The Morgan fingerprint density at radius 1 is 1.06 bits per heavy atom. The van der Waals surface area contributed by atoms with Crippen LogP contribution in [0.5, 0.6) is 5.88 Å². The number of ether oxygens (including phenoxy) is 1. The van der Waals surface area contributed by atoms with Crippen molar-refractivity contribution in [2.24, 2.45) is 0 Å². The van der Waals surface area contributed by atoms with Crippen LogP contribution in [-0.4, -0.2) is 36.5 Å². The van der Waals surface area contributed by atoms with E-state index in [1.54, 1.807) is 6.08 Å². The number of nitrogens with one attached hydrogen (secondary N) is 3. The van der Waals surface area contributed by atoms with Crippen molar-refractivity contribution in [2.75, 3.05) is 17.1 Å². The molecule has 164 valence electrons. The van der Waals surface area contributed by atoms with Crippen LogP contribution < -0.4 is 20.1 Å². The van der Waals surface area contributed by atoms with Crippen molar-refractivity contribution in [3.8, 4) is 5.88 Å². The maximum atomic E-state index is 12.5. The lowest BCUT2D eigenvalue weighted by Crippen LogP contribution is -2.32. The molecule has 0 aliphatic carbocycles. The summed E-state index contributed by atoms with van der Waals surface area (Å²) in [7, 11) is -2.46. The molecule has 1 aromatic heterocycles. The van der Waals surface area contributed by atoms with Crippen LogP contribution >= 0.6 is 12.2 Å². The largest absolute Gasteiger partial charge is 0.481 e. The molecule has 2 aromatic carbocycles. The van der Waals surface area contributed by atoms with Crippen molar-refractivity contribution in [1.82, 2.24) is 15.3 Å². The van der Waals surface area contributed by atoms with E-state index in [0.717, 1.165) is 5.56 Å². The summed E-state index contributed by atoms with van der Waals surface area (Å²) in [6.07, 6.45) is 4.22. The summed E-state index contributed by atoms with van der Waals surface area (Å²) < 4.78 is 32.4. The van der Waals surface area contributed by atoms with Gasteiger partial charge in [-0.3, -0.25) is 14.8 Å². The number of nitrogens with zero attached hydrogens (tertiary/aromatic N) is 2. The molecule has 3 rings (SSSR count). The molecule has 0 fully saturated rings. The van der Waals surface area contributed by atoms with E-state index < -0.39 is 15.9 Å². The highest BCUT2D eigenvalue weighted by Crippen LogP contribution is 2.18. The van der Waals surface area contributed by atoms with Crippen LogP contribution in [0.2, 0.25) is 0 Å². The average Bonchev–Trinajstić information content (AvgIpc) is 2.78. The molecule has 0 saturated carbocycles. The molecule has 0 bridgehead atoms. The minimum atomic E-state index is -3.87. The third-order valence-corrected chi connectivity index (χ3v) is 5.55. The maximum Gasteiger partial charge on any atom is 0.263 e. The zero-order valence-corrected chi connectivity index (χ0v) is 18.5. The molecule has 0 saturated heterocycles. The van der Waals surface area contributed by atoms with Gasteiger partial charge in [-0.1, -0.05) is 30.3 Å². The summed E-state index contributed by atoms with van der Waals surface area (Å²) in [6.45, 7) is 0. The van der Waals surface area contributed by atoms with E-state index in [-0.39, 0.29) is 21.7 Å². The van der Waals surface area contributed by atoms with E-state index >= 15 is 0 Å². The van der Waals surface area contributed by atoms with Gasteiger partial charge < -0.3 is 10.1 Å². The molecule has 3 aromatic rings. The third kappa shape index (κ3) is 6.59. The standard InChI is InChI=1S/C21H19N5O4S2/c1-30-20-13-18(22-14-23-20)26-32(28,29)17-10-8-16(9-11-17)24-21(31)25-19(27)12-7-15-5-3-2-4-6-15/h2-14H,1H3,(H,22,23,26)(H2,24,25,27,31). The van der Waals surface area contributed by atoms with Crippen LogP contribution in [0.3, 0.4) is 0 Å². The minimum absolute atomic E-state index is 0.0152. The maximum absolute atomic E-state index is 12.5. The quantitative estimate of drug-likeness (QED) is 0.357. The summed E-state index contributed by atoms with van der Waals surface area (Å²) in [6, 6.07) is 16.5. The monoisotopic (exact) mass is 469 g/mol. The van der Waals surface area contributed by atoms with Gasteiger partial charge >= 0.3 is 0 Å². The van der Waals surface area contributed by atoms with Gasteiger partial charge in [0.1, 0.15) is 12.1 Å². The first-order chi connectivity index (χ1) is 15.4. The number of thiocarbonyl (C=S) groups is 1. The highest BCUT2D eigenvalue weighted by Gasteiger charge is 2.15. The van der Waals surface area contributed by atoms with E-state index in [1.807, 2.05) is 30.3 Å². The molecule has 0 unspecified atom stereocenters. The molecule has 0 radical (unpaired) electrons. The van der Waals surface area contributed by atoms with E-state index in [9.17, 15) is 13.2 Å². The summed E-state index contributed by atoms with van der Waals surface area (Å²) in [5.74, 6) is -0.0899. The van der Waals surface area contributed by atoms with E-state index in [2.05, 4.69) is 25.3 Å². The summed E-state index contributed by atoms with van der Waals surface area (Å²) in [4.78, 5) is 19.7. The molecular weight excluding hydrogens is 450 g/mol. The Hall–Kier alpha value is -3.83. The number of carbonyl (C=O) groups excluding carboxylic acids is 1. The number of sulfonamides is 1. The average molecular weight is 470 g/mol. The van der Waals surface area contributed by atoms with Crippen molar-refractivity contribution >= 4 is 50.8 Å². The number of hydrogen-bond acceptors (Lipinski definition) is 7. The fraction of sp³-hybridized carbons (Fsp3) is 0.0476. The van der Waals surface area contributed by atoms with Crippen LogP contribution in [0, 0.1) is 0 Å². The predicted octanol–water partition coefficient (Wildman–Crippen LogP) is 2.81. The molecule has 0 atom stereocenters. The minimum Gasteiger partial charge on any atom is -0.481 e. The van der Waals surface area contributed by atoms with Crippen molar-refractivity contribution in [3.05, 3.63) is 78.6 Å². The van der Waals surface area contributed by atoms with Crippen LogP contribution in [0.15, 0.2) is 78.0 Å². The fourth-order valence-electron chi connectivity index (χ4n) is 2.47. The molecule has 32 heavy (non-hydrogen) atoms. The molecule has 3 N–H and O–H groups in total. The molecule has 0 spiro atoms. The van der Waals surface area contributed by atoms with Crippen LogP contribution in [0.4, 0.5) is 11.5 Å². The van der Waals surface area contributed by atoms with E-state index in [0.29, 0.717) is 5.69 Å². The van der Waals surface area contributed by atoms with Gasteiger partial charge in [0.15, 0.2) is 5.11 Å². The van der Waals surface area contributed by atoms with Gasteiger partial charge in [-0.25, -0.2) is 18.4 Å². The molecule has 11 heteroatoms. The predicted molar refractivity (Wildman–Crippen MR) is 126 cm³/mol. The number of hydrogen-bond donors (Lipinski definition) is 3. The van der Waals surface area contributed by atoms with Gasteiger partial charge in [0, 0.05) is 17.8 Å². The van der Waals surface area contributed by atoms with Crippen molar-refractivity contribution in [3.63, 3.8) is 0 Å².